The van der Waals surface area contributed by atoms with Crippen molar-refractivity contribution in [2.45, 2.75) is 97.7 Å². The van der Waals surface area contributed by atoms with Crippen molar-refractivity contribution >= 4 is 23.5 Å². The maximum Gasteiger partial charge on any atom is 0.332 e. The van der Waals surface area contributed by atoms with E-state index in [1.807, 2.05) is 26.8 Å². The van der Waals surface area contributed by atoms with Gasteiger partial charge < -0.3 is 25.3 Å². The Morgan fingerprint density at radius 1 is 1.06 bits per heavy atom. The number of amides is 2. The smallest absolute Gasteiger partial charge is 0.332 e. The molecule has 192 valence electrons. The number of hydrogen-bond donors (Lipinski definition) is 2. The number of carbonyl (C=O) groups is 3. The lowest BCUT2D eigenvalue weighted by molar-refractivity contribution is -0.168. The zero-order valence-corrected chi connectivity index (χ0v) is 21.8. The molecule has 1 aromatic rings. The maximum absolute atomic E-state index is 12.9. The highest BCUT2D eigenvalue weighted by Crippen LogP contribution is 2.30. The third kappa shape index (κ3) is 11.6. The van der Waals surface area contributed by atoms with Crippen LogP contribution in [-0.4, -0.2) is 42.9 Å². The van der Waals surface area contributed by atoms with Crippen molar-refractivity contribution in [2.75, 3.05) is 18.7 Å². The molecule has 0 aromatic heterocycles. The molecular formula is C26H42N2O6. The van der Waals surface area contributed by atoms with Gasteiger partial charge in [0.2, 0.25) is 11.8 Å². The quantitative estimate of drug-likeness (QED) is 0.241. The Morgan fingerprint density at radius 3 is 2.29 bits per heavy atom. The molecule has 0 bridgehead atoms. The number of anilines is 1. The van der Waals surface area contributed by atoms with Crippen LogP contribution in [-0.2, 0) is 29.2 Å². The van der Waals surface area contributed by atoms with Crippen LogP contribution in [0.5, 0.6) is 0 Å². The van der Waals surface area contributed by atoms with E-state index in [1.165, 1.54) is 0 Å². The van der Waals surface area contributed by atoms with Gasteiger partial charge in [0.1, 0.15) is 19.0 Å². The summed E-state index contributed by atoms with van der Waals surface area (Å²) in [4.78, 5) is 36.3. The molecule has 0 aliphatic heterocycles. The number of ether oxygens (including phenoxy) is 3. The van der Waals surface area contributed by atoms with Crippen LogP contribution in [0, 0.1) is 0 Å². The molecule has 34 heavy (non-hydrogen) atoms. The molecule has 0 spiro atoms. The number of nitrogens with one attached hydrogen (secondary N) is 1. The van der Waals surface area contributed by atoms with E-state index < -0.39 is 17.5 Å². The number of benzene rings is 1. The fourth-order valence-corrected chi connectivity index (χ4v) is 3.37. The predicted molar refractivity (Wildman–Crippen MR) is 133 cm³/mol. The zero-order valence-electron chi connectivity index (χ0n) is 21.8. The predicted octanol–water partition coefficient (Wildman–Crippen LogP) is 4.69. The van der Waals surface area contributed by atoms with Crippen LogP contribution in [0.15, 0.2) is 18.2 Å². The molecule has 0 saturated carbocycles. The lowest BCUT2D eigenvalue weighted by Gasteiger charge is -2.24. The number of primary amides is 1. The molecule has 0 heterocycles. The molecule has 3 N–H and O–H groups in total. The summed E-state index contributed by atoms with van der Waals surface area (Å²) in [5.74, 6) is -1.26. The Bertz CT molecular complexity index is 824. The maximum atomic E-state index is 12.9. The molecule has 0 aliphatic rings. The van der Waals surface area contributed by atoms with E-state index >= 15 is 0 Å². The molecular weight excluding hydrogens is 436 g/mol. The van der Waals surface area contributed by atoms with Gasteiger partial charge in [-0.2, -0.15) is 0 Å². The lowest BCUT2D eigenvalue weighted by Crippen LogP contribution is -2.28. The molecule has 1 unspecified atom stereocenters. The van der Waals surface area contributed by atoms with Crippen LogP contribution in [0.25, 0.3) is 0 Å². The Kier molecular flexibility index (Phi) is 11.7. The minimum atomic E-state index is -0.584. The summed E-state index contributed by atoms with van der Waals surface area (Å²) in [6, 6.07) is 5.09. The summed E-state index contributed by atoms with van der Waals surface area (Å²) >= 11 is 0. The van der Waals surface area contributed by atoms with Gasteiger partial charge in [-0.3, -0.25) is 9.59 Å². The van der Waals surface area contributed by atoms with Crippen LogP contribution in [0.1, 0.15) is 96.5 Å². The second-order valence-electron chi connectivity index (χ2n) is 10.5. The average molecular weight is 479 g/mol. The van der Waals surface area contributed by atoms with Gasteiger partial charge in [0.15, 0.2) is 0 Å². The molecule has 2 amide bonds. The van der Waals surface area contributed by atoms with Gasteiger partial charge in [0.05, 0.1) is 12.5 Å². The number of hydrogen-bond acceptors (Lipinski definition) is 6. The summed E-state index contributed by atoms with van der Waals surface area (Å²) in [6.45, 7) is 13.2. The molecule has 0 fully saturated rings. The fraction of sp³-hybridized carbons (Fsp3) is 0.654. The SMILES string of the molecule is CCCCCC(CC(=O)Nc1cc(C(N)=O)ccc1C(C)(C)C)OCOCC(=O)OC(C)(C)C. The van der Waals surface area contributed by atoms with E-state index in [4.69, 9.17) is 19.9 Å². The van der Waals surface area contributed by atoms with Crippen molar-refractivity contribution in [3.63, 3.8) is 0 Å². The fourth-order valence-electron chi connectivity index (χ4n) is 3.37. The highest BCUT2D eigenvalue weighted by Gasteiger charge is 2.22. The van der Waals surface area contributed by atoms with Gasteiger partial charge in [-0.25, -0.2) is 4.79 Å². The number of unbranched alkanes of at least 4 members (excludes halogenated alkanes) is 2. The number of esters is 1. The Balaban J connectivity index is 2.79. The summed E-state index contributed by atoms with van der Waals surface area (Å²) in [5, 5.41) is 2.93. The molecule has 0 aliphatic carbocycles. The number of carbonyl (C=O) groups excluding carboxylic acids is 3. The molecule has 1 atom stereocenters. The van der Waals surface area contributed by atoms with Crippen molar-refractivity contribution in [1.29, 1.82) is 0 Å². The highest BCUT2D eigenvalue weighted by atomic mass is 16.7. The highest BCUT2D eigenvalue weighted by molar-refractivity contribution is 5.97. The second kappa shape index (κ2) is 13.4. The summed E-state index contributed by atoms with van der Waals surface area (Å²) in [6.07, 6.45) is 3.40. The first kappa shape index (κ1) is 29.6. The summed E-state index contributed by atoms with van der Waals surface area (Å²) in [7, 11) is 0. The zero-order chi connectivity index (χ0) is 25.9. The molecule has 8 heteroatoms. The Labute approximate surface area is 203 Å². The van der Waals surface area contributed by atoms with Crippen LogP contribution >= 0.6 is 0 Å². The normalized spacial score (nSPS) is 12.8. The van der Waals surface area contributed by atoms with E-state index in [0.717, 1.165) is 24.8 Å². The van der Waals surface area contributed by atoms with Crippen LogP contribution in [0.2, 0.25) is 0 Å². The van der Waals surface area contributed by atoms with Gasteiger partial charge in [-0.05, 0) is 50.3 Å². The van der Waals surface area contributed by atoms with E-state index in [0.29, 0.717) is 17.7 Å². The topological polar surface area (TPSA) is 117 Å². The van der Waals surface area contributed by atoms with Gasteiger partial charge in [0.25, 0.3) is 0 Å². The number of rotatable bonds is 13. The minimum absolute atomic E-state index is 0.115. The van der Waals surface area contributed by atoms with E-state index in [9.17, 15) is 14.4 Å². The van der Waals surface area contributed by atoms with E-state index in [-0.39, 0.29) is 37.2 Å². The molecule has 8 nitrogen and oxygen atoms in total. The molecule has 1 rings (SSSR count). The average Bonchev–Trinajstić information content (AvgIpc) is 2.68. The largest absolute Gasteiger partial charge is 0.458 e. The van der Waals surface area contributed by atoms with E-state index in [1.54, 1.807) is 32.9 Å². The minimum Gasteiger partial charge on any atom is -0.458 e. The van der Waals surface area contributed by atoms with Gasteiger partial charge in [-0.1, -0.05) is 53.0 Å². The molecule has 1 aromatic carbocycles. The van der Waals surface area contributed by atoms with Crippen molar-refractivity contribution in [3.05, 3.63) is 29.3 Å². The molecule has 0 saturated heterocycles. The van der Waals surface area contributed by atoms with Crippen molar-refractivity contribution < 1.29 is 28.6 Å². The first-order valence-electron chi connectivity index (χ1n) is 11.9. The van der Waals surface area contributed by atoms with Crippen molar-refractivity contribution in [3.8, 4) is 0 Å². The monoisotopic (exact) mass is 478 g/mol. The summed E-state index contributed by atoms with van der Waals surface area (Å²) < 4.78 is 16.3. The Hall–Kier alpha value is -2.45. The first-order valence-corrected chi connectivity index (χ1v) is 11.9. The van der Waals surface area contributed by atoms with Crippen LogP contribution in [0.3, 0.4) is 0 Å². The van der Waals surface area contributed by atoms with Crippen LogP contribution in [0.4, 0.5) is 5.69 Å². The number of nitrogens with two attached hydrogens (primary N) is 1. The van der Waals surface area contributed by atoms with E-state index in [2.05, 4.69) is 12.2 Å². The molecule has 0 radical (unpaired) electrons. The van der Waals surface area contributed by atoms with Gasteiger partial charge in [-0.15, -0.1) is 0 Å². The third-order valence-electron chi connectivity index (χ3n) is 4.96. The van der Waals surface area contributed by atoms with Crippen LogP contribution < -0.4 is 11.1 Å². The van der Waals surface area contributed by atoms with Gasteiger partial charge in [0, 0.05) is 11.3 Å². The summed E-state index contributed by atoms with van der Waals surface area (Å²) in [5.41, 5.74) is 6.38. The van der Waals surface area contributed by atoms with Crippen molar-refractivity contribution in [1.82, 2.24) is 0 Å². The van der Waals surface area contributed by atoms with Crippen molar-refractivity contribution in [2.24, 2.45) is 5.73 Å². The lowest BCUT2D eigenvalue weighted by atomic mass is 9.85. The second-order valence-corrected chi connectivity index (χ2v) is 10.5. The van der Waals surface area contributed by atoms with Gasteiger partial charge >= 0.3 is 5.97 Å². The Morgan fingerprint density at radius 2 is 1.74 bits per heavy atom. The standard InChI is InChI=1S/C26H42N2O6/c1-8-9-10-11-19(33-17-32-16-23(30)34-26(5,6)7)15-22(29)28-21-14-18(24(27)31)12-13-20(21)25(2,3)4/h12-14,19H,8-11,15-17H2,1-7H3,(H2,27,31)(H,28,29). The first-order chi connectivity index (χ1) is 15.7. The third-order valence-corrected chi connectivity index (χ3v) is 4.96.